The molecule has 68 valence electrons. The summed E-state index contributed by atoms with van der Waals surface area (Å²) in [5, 5.41) is 10.6. The summed E-state index contributed by atoms with van der Waals surface area (Å²) in [5.41, 5.74) is 0.176. The molecule has 0 aromatic heterocycles. The molecular formula is C8H13NO3. The highest BCUT2D eigenvalue weighted by atomic mass is 16.4. The lowest BCUT2D eigenvalue weighted by molar-refractivity contribution is -0.132. The predicted molar refractivity (Wildman–Crippen MR) is 44.7 cm³/mol. The Hall–Kier alpha value is -1.32. The molecule has 0 aromatic rings. The van der Waals surface area contributed by atoms with E-state index >= 15 is 0 Å². The third-order valence-corrected chi connectivity index (χ3v) is 1.27. The van der Waals surface area contributed by atoms with Gasteiger partial charge in [-0.25, -0.2) is 4.79 Å². The van der Waals surface area contributed by atoms with Crippen LogP contribution in [0.3, 0.4) is 0 Å². The standard InChI is InChI=1S/C4H7NO.C4H6O2/c6-4-2-1-3-5-4;1-3(2)4(5)6/h1-3H2,(H,5,6);1H2,2H3,(H,5,6). The predicted octanol–water partition coefficient (Wildman–Crippen LogP) is 0.543. The normalized spacial score (nSPS) is 14.2. The third-order valence-electron chi connectivity index (χ3n) is 1.27. The van der Waals surface area contributed by atoms with E-state index in [1.165, 1.54) is 6.92 Å². The average Bonchev–Trinajstić information content (AvgIpc) is 2.40. The van der Waals surface area contributed by atoms with Crippen molar-refractivity contribution in [2.24, 2.45) is 0 Å². The molecule has 0 radical (unpaired) electrons. The van der Waals surface area contributed by atoms with Gasteiger partial charge in [0.15, 0.2) is 0 Å². The van der Waals surface area contributed by atoms with Gasteiger partial charge in [-0.3, -0.25) is 4.79 Å². The Morgan fingerprint density at radius 2 is 2.17 bits per heavy atom. The number of carbonyl (C=O) groups is 2. The van der Waals surface area contributed by atoms with Crippen LogP contribution in [-0.4, -0.2) is 23.5 Å². The fraction of sp³-hybridized carbons (Fsp3) is 0.500. The third kappa shape index (κ3) is 5.46. The number of aliphatic carboxylic acids is 1. The van der Waals surface area contributed by atoms with Crippen LogP contribution in [0.5, 0.6) is 0 Å². The number of hydrogen-bond acceptors (Lipinski definition) is 2. The molecule has 12 heavy (non-hydrogen) atoms. The minimum Gasteiger partial charge on any atom is -0.478 e. The van der Waals surface area contributed by atoms with E-state index in [-0.39, 0.29) is 11.5 Å². The molecular weight excluding hydrogens is 158 g/mol. The Balaban J connectivity index is 0.000000202. The van der Waals surface area contributed by atoms with Crippen molar-refractivity contribution in [3.8, 4) is 0 Å². The quantitative estimate of drug-likeness (QED) is 0.566. The number of amides is 1. The minimum atomic E-state index is -0.935. The van der Waals surface area contributed by atoms with Crippen molar-refractivity contribution in [2.75, 3.05) is 6.54 Å². The van der Waals surface area contributed by atoms with E-state index < -0.39 is 5.97 Å². The highest BCUT2D eigenvalue weighted by molar-refractivity contribution is 5.84. The van der Waals surface area contributed by atoms with Crippen LogP contribution < -0.4 is 5.32 Å². The molecule has 0 spiro atoms. The fourth-order valence-electron chi connectivity index (χ4n) is 0.565. The zero-order valence-electron chi connectivity index (χ0n) is 7.09. The highest BCUT2D eigenvalue weighted by Gasteiger charge is 2.05. The molecule has 0 saturated carbocycles. The molecule has 1 aliphatic heterocycles. The van der Waals surface area contributed by atoms with Crippen LogP contribution in [0.1, 0.15) is 19.8 Å². The molecule has 0 aliphatic carbocycles. The van der Waals surface area contributed by atoms with Crippen LogP contribution in [0.25, 0.3) is 0 Å². The Bertz CT molecular complexity index is 178. The second-order valence-corrected chi connectivity index (χ2v) is 2.54. The molecule has 0 atom stereocenters. The van der Waals surface area contributed by atoms with E-state index in [4.69, 9.17) is 5.11 Å². The van der Waals surface area contributed by atoms with Gasteiger partial charge in [-0.15, -0.1) is 0 Å². The fourth-order valence-corrected chi connectivity index (χ4v) is 0.565. The van der Waals surface area contributed by atoms with Crippen LogP contribution in [0.2, 0.25) is 0 Å². The van der Waals surface area contributed by atoms with Gasteiger partial charge in [0.1, 0.15) is 0 Å². The lowest BCUT2D eigenvalue weighted by Crippen LogP contribution is -2.12. The summed E-state index contributed by atoms with van der Waals surface area (Å²) in [6.45, 7) is 5.49. The van der Waals surface area contributed by atoms with E-state index in [1.54, 1.807) is 0 Å². The van der Waals surface area contributed by atoms with Crippen molar-refractivity contribution in [1.82, 2.24) is 5.32 Å². The lowest BCUT2D eigenvalue weighted by atomic mass is 10.4. The summed E-state index contributed by atoms with van der Waals surface area (Å²) >= 11 is 0. The van der Waals surface area contributed by atoms with E-state index in [0.29, 0.717) is 0 Å². The lowest BCUT2D eigenvalue weighted by Gasteiger charge is -1.80. The van der Waals surface area contributed by atoms with E-state index in [0.717, 1.165) is 19.4 Å². The molecule has 1 heterocycles. The number of hydrogen-bond donors (Lipinski definition) is 2. The van der Waals surface area contributed by atoms with Gasteiger partial charge < -0.3 is 10.4 Å². The first-order valence-corrected chi connectivity index (χ1v) is 3.69. The minimum absolute atomic E-state index is 0.176. The smallest absolute Gasteiger partial charge is 0.330 e. The molecule has 1 fully saturated rings. The summed E-state index contributed by atoms with van der Waals surface area (Å²) in [7, 11) is 0. The molecule has 4 heteroatoms. The molecule has 0 aromatic carbocycles. The summed E-state index contributed by atoms with van der Waals surface area (Å²) in [6, 6.07) is 0. The van der Waals surface area contributed by atoms with Gasteiger partial charge in [-0.05, 0) is 13.3 Å². The summed E-state index contributed by atoms with van der Waals surface area (Å²) in [5.74, 6) is -0.731. The van der Waals surface area contributed by atoms with E-state index in [9.17, 15) is 9.59 Å². The Morgan fingerprint density at radius 3 is 2.25 bits per heavy atom. The van der Waals surface area contributed by atoms with Crippen LogP contribution in [0.4, 0.5) is 0 Å². The molecule has 1 rings (SSSR count). The van der Waals surface area contributed by atoms with Crippen molar-refractivity contribution in [3.05, 3.63) is 12.2 Å². The van der Waals surface area contributed by atoms with Gasteiger partial charge in [-0.1, -0.05) is 6.58 Å². The SMILES string of the molecule is C=C(C)C(=O)O.O=C1CCCN1. The molecule has 2 N–H and O–H groups in total. The first kappa shape index (κ1) is 10.7. The highest BCUT2D eigenvalue weighted by Crippen LogP contribution is 1.93. The van der Waals surface area contributed by atoms with Crippen molar-refractivity contribution in [3.63, 3.8) is 0 Å². The monoisotopic (exact) mass is 171 g/mol. The average molecular weight is 171 g/mol. The van der Waals surface area contributed by atoms with Crippen LogP contribution in [0.15, 0.2) is 12.2 Å². The first-order chi connectivity index (χ1) is 5.54. The zero-order valence-corrected chi connectivity index (χ0v) is 7.09. The number of rotatable bonds is 1. The summed E-state index contributed by atoms with van der Waals surface area (Å²) < 4.78 is 0. The summed E-state index contributed by atoms with van der Waals surface area (Å²) in [6.07, 6.45) is 1.76. The van der Waals surface area contributed by atoms with Gasteiger partial charge in [0, 0.05) is 18.5 Å². The Morgan fingerprint density at radius 1 is 1.67 bits per heavy atom. The van der Waals surface area contributed by atoms with Crippen molar-refractivity contribution >= 4 is 11.9 Å². The van der Waals surface area contributed by atoms with Crippen LogP contribution >= 0.6 is 0 Å². The molecule has 1 saturated heterocycles. The number of carboxylic acid groups (broad SMARTS) is 1. The van der Waals surface area contributed by atoms with Crippen molar-refractivity contribution in [2.45, 2.75) is 19.8 Å². The first-order valence-electron chi connectivity index (χ1n) is 3.69. The van der Waals surface area contributed by atoms with Gasteiger partial charge in [0.05, 0.1) is 0 Å². The number of carbonyl (C=O) groups excluding carboxylic acids is 1. The molecule has 4 nitrogen and oxygen atoms in total. The second-order valence-electron chi connectivity index (χ2n) is 2.54. The maximum Gasteiger partial charge on any atom is 0.330 e. The van der Waals surface area contributed by atoms with Gasteiger partial charge in [-0.2, -0.15) is 0 Å². The van der Waals surface area contributed by atoms with Gasteiger partial charge in [0.25, 0.3) is 0 Å². The molecule has 0 bridgehead atoms. The maximum absolute atomic E-state index is 10.1. The van der Waals surface area contributed by atoms with Gasteiger partial charge in [0.2, 0.25) is 5.91 Å². The van der Waals surface area contributed by atoms with Crippen LogP contribution in [0, 0.1) is 0 Å². The topological polar surface area (TPSA) is 66.4 Å². The second kappa shape index (κ2) is 5.35. The summed E-state index contributed by atoms with van der Waals surface area (Å²) in [4.78, 5) is 19.7. The van der Waals surface area contributed by atoms with Crippen LogP contribution in [-0.2, 0) is 9.59 Å². The van der Waals surface area contributed by atoms with Gasteiger partial charge >= 0.3 is 5.97 Å². The molecule has 1 aliphatic rings. The number of nitrogens with one attached hydrogen (secondary N) is 1. The van der Waals surface area contributed by atoms with Crippen molar-refractivity contribution < 1.29 is 14.7 Å². The van der Waals surface area contributed by atoms with E-state index in [2.05, 4.69) is 11.9 Å². The Kier molecular flexibility index (Phi) is 4.76. The molecule has 1 amide bonds. The molecule has 0 unspecified atom stereocenters. The van der Waals surface area contributed by atoms with Crippen molar-refractivity contribution in [1.29, 1.82) is 0 Å². The zero-order chi connectivity index (χ0) is 9.56. The largest absolute Gasteiger partial charge is 0.478 e. The maximum atomic E-state index is 10.1. The Labute approximate surface area is 71.3 Å². The number of carboxylic acids is 1. The van der Waals surface area contributed by atoms with E-state index in [1.807, 2.05) is 0 Å².